The van der Waals surface area contributed by atoms with E-state index in [4.69, 9.17) is 26.8 Å². The summed E-state index contributed by atoms with van der Waals surface area (Å²) in [6.07, 6.45) is 0.741. The van der Waals surface area contributed by atoms with Gasteiger partial charge in [0.25, 0.3) is 0 Å². The summed E-state index contributed by atoms with van der Waals surface area (Å²) in [5, 5.41) is 0.695. The summed E-state index contributed by atoms with van der Waals surface area (Å²) in [6.45, 7) is 8.11. The molecule has 3 nitrogen and oxygen atoms in total. The molecular weight excluding hydrogens is 322 g/mol. The minimum absolute atomic E-state index is 0.148. The number of benzene rings is 2. The number of ether oxygens (including phenoxy) is 2. The maximum absolute atomic E-state index is 6.02. The molecule has 0 amide bonds. The van der Waals surface area contributed by atoms with Gasteiger partial charge in [-0.2, -0.15) is 0 Å². The van der Waals surface area contributed by atoms with E-state index < -0.39 is 0 Å². The fraction of sp³-hybridized carbons (Fsp3) is 0.400. The Kier molecular flexibility index (Phi) is 6.52. The molecular formula is C20H26ClNO2. The zero-order chi connectivity index (χ0) is 17.6. The van der Waals surface area contributed by atoms with Gasteiger partial charge in [0.1, 0.15) is 24.7 Å². The van der Waals surface area contributed by atoms with Crippen LogP contribution in [0.3, 0.4) is 0 Å². The first-order chi connectivity index (χ1) is 11.4. The summed E-state index contributed by atoms with van der Waals surface area (Å²) in [4.78, 5) is 0. The summed E-state index contributed by atoms with van der Waals surface area (Å²) < 4.78 is 11.5. The van der Waals surface area contributed by atoms with Crippen LogP contribution in [0.1, 0.15) is 31.9 Å². The van der Waals surface area contributed by atoms with E-state index in [2.05, 4.69) is 32.9 Å². The van der Waals surface area contributed by atoms with Crippen LogP contribution in [0.15, 0.2) is 42.5 Å². The number of hydrogen-bond donors (Lipinski definition) is 1. The van der Waals surface area contributed by atoms with Crippen molar-refractivity contribution in [2.24, 2.45) is 5.73 Å². The second-order valence-electron chi connectivity index (χ2n) is 6.76. The predicted molar refractivity (Wildman–Crippen MR) is 100 cm³/mol. The molecule has 24 heavy (non-hydrogen) atoms. The molecule has 2 N–H and O–H groups in total. The number of halogens is 1. The summed E-state index contributed by atoms with van der Waals surface area (Å²) in [5.41, 5.74) is 8.10. The van der Waals surface area contributed by atoms with Crippen LogP contribution >= 0.6 is 11.6 Å². The maximum atomic E-state index is 6.02. The largest absolute Gasteiger partial charge is 0.490 e. The first kappa shape index (κ1) is 18.6. The Morgan fingerprint density at radius 3 is 2.25 bits per heavy atom. The second kappa shape index (κ2) is 8.41. The highest BCUT2D eigenvalue weighted by molar-refractivity contribution is 6.30. The fourth-order valence-electron chi connectivity index (χ4n) is 2.40. The van der Waals surface area contributed by atoms with Crippen molar-refractivity contribution in [1.29, 1.82) is 0 Å². The van der Waals surface area contributed by atoms with E-state index in [1.165, 1.54) is 5.56 Å². The van der Waals surface area contributed by atoms with E-state index in [0.717, 1.165) is 23.5 Å². The molecule has 0 unspecified atom stereocenters. The molecule has 0 atom stereocenters. The molecule has 0 saturated carbocycles. The quantitative estimate of drug-likeness (QED) is 0.744. The van der Waals surface area contributed by atoms with Crippen molar-refractivity contribution >= 4 is 11.6 Å². The first-order valence-corrected chi connectivity index (χ1v) is 8.62. The van der Waals surface area contributed by atoms with Gasteiger partial charge < -0.3 is 15.2 Å². The second-order valence-corrected chi connectivity index (χ2v) is 7.20. The van der Waals surface area contributed by atoms with Gasteiger partial charge in [-0.05, 0) is 59.8 Å². The molecule has 0 aliphatic carbocycles. The third kappa shape index (κ3) is 5.43. The van der Waals surface area contributed by atoms with Crippen LogP contribution in [0.25, 0.3) is 0 Å². The third-order valence-corrected chi connectivity index (χ3v) is 4.00. The Balaban J connectivity index is 1.85. The van der Waals surface area contributed by atoms with Crippen molar-refractivity contribution in [2.75, 3.05) is 19.8 Å². The normalized spacial score (nSPS) is 11.4. The third-order valence-electron chi connectivity index (χ3n) is 3.77. The van der Waals surface area contributed by atoms with Gasteiger partial charge in [0.15, 0.2) is 0 Å². The molecule has 4 heteroatoms. The van der Waals surface area contributed by atoms with Crippen LogP contribution in [0.2, 0.25) is 5.02 Å². The summed E-state index contributed by atoms with van der Waals surface area (Å²) in [5.74, 6) is 1.67. The molecule has 0 aromatic heterocycles. The van der Waals surface area contributed by atoms with E-state index in [-0.39, 0.29) is 5.41 Å². The lowest BCUT2D eigenvalue weighted by atomic mass is 9.87. The van der Waals surface area contributed by atoms with Gasteiger partial charge in [-0.15, -0.1) is 0 Å². The minimum Gasteiger partial charge on any atom is -0.490 e. The molecule has 2 aromatic carbocycles. The zero-order valence-electron chi connectivity index (χ0n) is 14.6. The Morgan fingerprint density at radius 2 is 1.62 bits per heavy atom. The molecule has 2 aromatic rings. The smallest absolute Gasteiger partial charge is 0.122 e. The summed E-state index contributed by atoms with van der Waals surface area (Å²) in [6, 6.07) is 13.8. The van der Waals surface area contributed by atoms with Crippen LogP contribution in [0.4, 0.5) is 0 Å². The first-order valence-electron chi connectivity index (χ1n) is 8.25. The molecule has 0 spiro atoms. The fourth-order valence-corrected chi connectivity index (χ4v) is 2.60. The molecule has 0 fully saturated rings. The van der Waals surface area contributed by atoms with E-state index in [1.807, 2.05) is 30.3 Å². The molecule has 0 heterocycles. The SMILES string of the molecule is CC(C)(C)c1ccc(OCCOc2ccc(Cl)cc2CCN)cc1. The van der Waals surface area contributed by atoms with Gasteiger partial charge in [-0.1, -0.05) is 44.5 Å². The molecule has 130 valence electrons. The maximum Gasteiger partial charge on any atom is 0.122 e. The zero-order valence-corrected chi connectivity index (χ0v) is 15.4. The van der Waals surface area contributed by atoms with Gasteiger partial charge >= 0.3 is 0 Å². The average Bonchev–Trinajstić information content (AvgIpc) is 2.53. The predicted octanol–water partition coefficient (Wildman–Crippen LogP) is 4.60. The Bertz CT molecular complexity index is 648. The lowest BCUT2D eigenvalue weighted by Crippen LogP contribution is -2.12. The van der Waals surface area contributed by atoms with Crippen LogP contribution < -0.4 is 15.2 Å². The molecule has 2 rings (SSSR count). The topological polar surface area (TPSA) is 44.5 Å². The minimum atomic E-state index is 0.148. The lowest BCUT2D eigenvalue weighted by molar-refractivity contribution is 0.216. The van der Waals surface area contributed by atoms with Gasteiger partial charge in [0.2, 0.25) is 0 Å². The van der Waals surface area contributed by atoms with E-state index in [0.29, 0.717) is 24.8 Å². The Hall–Kier alpha value is -1.71. The van der Waals surface area contributed by atoms with Gasteiger partial charge in [-0.25, -0.2) is 0 Å². The van der Waals surface area contributed by atoms with Crippen molar-refractivity contribution in [3.05, 3.63) is 58.6 Å². The van der Waals surface area contributed by atoms with E-state index in [1.54, 1.807) is 0 Å². The van der Waals surface area contributed by atoms with Gasteiger partial charge in [0.05, 0.1) is 0 Å². The highest BCUT2D eigenvalue weighted by atomic mass is 35.5. The molecule has 0 aliphatic rings. The highest BCUT2D eigenvalue weighted by Crippen LogP contribution is 2.25. The van der Waals surface area contributed by atoms with Crippen molar-refractivity contribution in [3.63, 3.8) is 0 Å². The van der Waals surface area contributed by atoms with Crippen LogP contribution in [0, 0.1) is 0 Å². The lowest BCUT2D eigenvalue weighted by Gasteiger charge is -2.19. The Labute approximate surface area is 149 Å². The van der Waals surface area contributed by atoms with Crippen LogP contribution in [0.5, 0.6) is 11.5 Å². The van der Waals surface area contributed by atoms with E-state index in [9.17, 15) is 0 Å². The standard InChI is InChI=1S/C20H26ClNO2/c1-20(2,3)16-4-7-18(8-5-16)23-12-13-24-19-9-6-17(21)14-15(19)10-11-22/h4-9,14H,10-13,22H2,1-3H3. The van der Waals surface area contributed by atoms with Gasteiger partial charge in [0, 0.05) is 5.02 Å². The van der Waals surface area contributed by atoms with Crippen LogP contribution in [-0.4, -0.2) is 19.8 Å². The number of rotatable bonds is 7. The van der Waals surface area contributed by atoms with Crippen molar-refractivity contribution in [1.82, 2.24) is 0 Å². The van der Waals surface area contributed by atoms with E-state index >= 15 is 0 Å². The van der Waals surface area contributed by atoms with Crippen molar-refractivity contribution in [3.8, 4) is 11.5 Å². The van der Waals surface area contributed by atoms with Gasteiger partial charge in [-0.3, -0.25) is 0 Å². The number of hydrogen-bond acceptors (Lipinski definition) is 3. The van der Waals surface area contributed by atoms with Crippen LogP contribution in [-0.2, 0) is 11.8 Å². The summed E-state index contributed by atoms with van der Waals surface area (Å²) in [7, 11) is 0. The molecule has 0 radical (unpaired) electrons. The Morgan fingerprint density at radius 1 is 0.958 bits per heavy atom. The van der Waals surface area contributed by atoms with Crippen molar-refractivity contribution in [2.45, 2.75) is 32.6 Å². The molecule has 0 aliphatic heterocycles. The monoisotopic (exact) mass is 347 g/mol. The average molecular weight is 348 g/mol. The number of nitrogens with two attached hydrogens (primary N) is 1. The van der Waals surface area contributed by atoms with Crippen molar-refractivity contribution < 1.29 is 9.47 Å². The molecule has 0 bridgehead atoms. The summed E-state index contributed by atoms with van der Waals surface area (Å²) >= 11 is 6.02. The highest BCUT2D eigenvalue weighted by Gasteiger charge is 2.13. The molecule has 0 saturated heterocycles.